The highest BCUT2D eigenvalue weighted by Crippen LogP contribution is 2.13. The van der Waals surface area contributed by atoms with E-state index in [4.69, 9.17) is 0 Å². The minimum absolute atomic E-state index is 0.764. The first kappa shape index (κ1) is 5.58. The van der Waals surface area contributed by atoms with Crippen LogP contribution in [0.15, 0.2) is 6.20 Å². The monoisotopic (exact) mass is 136 g/mol. The molecular weight excluding hydrogens is 128 g/mol. The van der Waals surface area contributed by atoms with Crippen molar-refractivity contribution in [1.82, 2.24) is 15.2 Å². The lowest BCUT2D eigenvalue weighted by Gasteiger charge is -1.97. The summed E-state index contributed by atoms with van der Waals surface area (Å²) in [5, 5.41) is 7.66. The third kappa shape index (κ3) is 0.920. The molecule has 2 heterocycles. The molecule has 0 aliphatic carbocycles. The second-order valence-electron chi connectivity index (χ2n) is 2.38. The topological polar surface area (TPSA) is 41.7 Å². The van der Waals surface area contributed by atoms with Gasteiger partial charge in [0, 0.05) is 13.1 Å². The molecule has 4 nitrogen and oxygen atoms in total. The zero-order chi connectivity index (χ0) is 6.97. The van der Waals surface area contributed by atoms with Crippen LogP contribution in [0.25, 0.3) is 0 Å². The predicted octanol–water partition coefficient (Wildman–Crippen LogP) is 0.0000200. The maximum absolute atomic E-state index is 4.19. The largest absolute Gasteiger partial charge is 0.336 e. The first-order valence-corrected chi connectivity index (χ1v) is 3.27. The van der Waals surface area contributed by atoms with Crippen LogP contribution in [0.2, 0.25) is 0 Å². The zero-order valence-corrected chi connectivity index (χ0v) is 5.78. The van der Waals surface area contributed by atoms with E-state index in [1.54, 1.807) is 6.20 Å². The van der Waals surface area contributed by atoms with E-state index in [1.807, 2.05) is 6.92 Å². The number of anilines is 1. The minimum Gasteiger partial charge on any atom is -0.336 e. The summed E-state index contributed by atoms with van der Waals surface area (Å²) in [6, 6.07) is 0. The van der Waals surface area contributed by atoms with Gasteiger partial charge in [0.05, 0.1) is 11.9 Å². The van der Waals surface area contributed by atoms with Gasteiger partial charge in [-0.25, -0.2) is 4.98 Å². The van der Waals surface area contributed by atoms with Gasteiger partial charge in [-0.15, -0.1) is 5.10 Å². The lowest BCUT2D eigenvalue weighted by Crippen LogP contribution is -2.00. The molecule has 1 aliphatic heterocycles. The average Bonchev–Trinajstić information content (AvgIpc) is 2.68. The first-order chi connectivity index (χ1) is 4.86. The van der Waals surface area contributed by atoms with Gasteiger partial charge in [-0.05, 0) is 6.92 Å². The van der Waals surface area contributed by atoms with Crippen LogP contribution < -0.4 is 4.90 Å². The second-order valence-corrected chi connectivity index (χ2v) is 2.38. The fraction of sp³-hybridized carbons (Fsp3) is 0.500. The highest BCUT2D eigenvalue weighted by molar-refractivity contribution is 5.35. The van der Waals surface area contributed by atoms with E-state index in [9.17, 15) is 0 Å². The normalized spacial score (nSPS) is 15.5. The minimum atomic E-state index is 0.764. The van der Waals surface area contributed by atoms with E-state index in [0.717, 1.165) is 24.7 Å². The van der Waals surface area contributed by atoms with Gasteiger partial charge in [-0.2, -0.15) is 5.10 Å². The standard InChI is InChI=1S/C6H8N4/c1-5-4-7-9-6(8-5)10-2-3-10/h4H,2-3H2,1H3. The molecule has 0 unspecified atom stereocenters. The van der Waals surface area contributed by atoms with Gasteiger partial charge < -0.3 is 4.90 Å². The molecule has 0 aromatic carbocycles. The Kier molecular flexibility index (Phi) is 1.06. The van der Waals surface area contributed by atoms with E-state index < -0.39 is 0 Å². The number of rotatable bonds is 1. The average molecular weight is 136 g/mol. The summed E-state index contributed by atoms with van der Waals surface area (Å²) in [5.74, 6) is 0.764. The smallest absolute Gasteiger partial charge is 0.245 e. The van der Waals surface area contributed by atoms with E-state index in [1.165, 1.54) is 0 Å². The van der Waals surface area contributed by atoms with Crippen LogP contribution in [0.1, 0.15) is 5.69 Å². The number of hydrogen-bond donors (Lipinski definition) is 0. The molecule has 1 aromatic heterocycles. The van der Waals surface area contributed by atoms with E-state index >= 15 is 0 Å². The summed E-state index contributed by atoms with van der Waals surface area (Å²) in [5.41, 5.74) is 0.928. The molecule has 4 heteroatoms. The van der Waals surface area contributed by atoms with Gasteiger partial charge in [0.25, 0.3) is 0 Å². The Morgan fingerprint density at radius 2 is 2.30 bits per heavy atom. The molecule has 0 N–H and O–H groups in total. The molecular formula is C6H8N4. The van der Waals surface area contributed by atoms with Crippen molar-refractivity contribution in [3.8, 4) is 0 Å². The molecule has 0 atom stereocenters. The zero-order valence-electron chi connectivity index (χ0n) is 5.78. The Hall–Kier alpha value is -1.19. The quantitative estimate of drug-likeness (QED) is 0.509. The fourth-order valence-corrected chi connectivity index (χ4v) is 0.757. The van der Waals surface area contributed by atoms with Crippen molar-refractivity contribution in [3.63, 3.8) is 0 Å². The van der Waals surface area contributed by atoms with Crippen molar-refractivity contribution in [2.45, 2.75) is 6.92 Å². The molecule has 1 aliphatic rings. The fourth-order valence-electron chi connectivity index (χ4n) is 0.757. The molecule has 2 rings (SSSR count). The molecule has 1 fully saturated rings. The Balaban J connectivity index is 2.32. The van der Waals surface area contributed by atoms with Gasteiger partial charge in [-0.1, -0.05) is 0 Å². The highest BCUT2D eigenvalue weighted by atomic mass is 15.4. The third-order valence-electron chi connectivity index (χ3n) is 1.40. The number of hydrogen-bond acceptors (Lipinski definition) is 4. The maximum Gasteiger partial charge on any atom is 0.245 e. The number of nitrogens with zero attached hydrogens (tertiary/aromatic N) is 4. The molecule has 0 amide bonds. The number of aromatic nitrogens is 3. The van der Waals surface area contributed by atoms with Gasteiger partial charge >= 0.3 is 0 Å². The second kappa shape index (κ2) is 1.90. The van der Waals surface area contributed by atoms with Gasteiger partial charge in [0.15, 0.2) is 0 Å². The molecule has 0 saturated carbocycles. The third-order valence-corrected chi connectivity index (χ3v) is 1.40. The SMILES string of the molecule is Cc1cnnc(N2CC2)n1. The van der Waals surface area contributed by atoms with Gasteiger partial charge in [0.2, 0.25) is 5.95 Å². The molecule has 10 heavy (non-hydrogen) atoms. The van der Waals surface area contributed by atoms with Crippen LogP contribution in [-0.4, -0.2) is 28.3 Å². The summed E-state index contributed by atoms with van der Waals surface area (Å²) in [6.45, 7) is 4.07. The maximum atomic E-state index is 4.19. The molecule has 0 radical (unpaired) electrons. The van der Waals surface area contributed by atoms with Crippen LogP contribution in [0, 0.1) is 6.92 Å². The van der Waals surface area contributed by atoms with Crippen LogP contribution in [0.5, 0.6) is 0 Å². The first-order valence-electron chi connectivity index (χ1n) is 3.27. The lowest BCUT2D eigenvalue weighted by atomic mass is 10.5. The summed E-state index contributed by atoms with van der Waals surface area (Å²) in [7, 11) is 0. The Morgan fingerprint density at radius 1 is 1.50 bits per heavy atom. The Bertz CT molecular complexity index is 243. The van der Waals surface area contributed by atoms with Crippen molar-refractivity contribution in [2.75, 3.05) is 18.0 Å². The van der Waals surface area contributed by atoms with Crippen molar-refractivity contribution in [1.29, 1.82) is 0 Å². The van der Waals surface area contributed by atoms with Gasteiger partial charge in [-0.3, -0.25) is 0 Å². The van der Waals surface area contributed by atoms with E-state index in [2.05, 4.69) is 20.1 Å². The van der Waals surface area contributed by atoms with Gasteiger partial charge in [0.1, 0.15) is 0 Å². The van der Waals surface area contributed by atoms with Crippen molar-refractivity contribution in [2.24, 2.45) is 0 Å². The van der Waals surface area contributed by atoms with Crippen molar-refractivity contribution in [3.05, 3.63) is 11.9 Å². The summed E-state index contributed by atoms with van der Waals surface area (Å²) < 4.78 is 0. The molecule has 0 bridgehead atoms. The summed E-state index contributed by atoms with van der Waals surface area (Å²) in [4.78, 5) is 6.26. The molecule has 0 spiro atoms. The van der Waals surface area contributed by atoms with E-state index in [-0.39, 0.29) is 0 Å². The van der Waals surface area contributed by atoms with Crippen molar-refractivity contribution >= 4 is 5.95 Å². The van der Waals surface area contributed by atoms with Crippen LogP contribution in [0.4, 0.5) is 5.95 Å². The highest BCUT2D eigenvalue weighted by Gasteiger charge is 2.20. The number of aryl methyl sites for hydroxylation is 1. The summed E-state index contributed by atoms with van der Waals surface area (Å²) >= 11 is 0. The molecule has 1 aromatic rings. The molecule has 1 saturated heterocycles. The van der Waals surface area contributed by atoms with Crippen LogP contribution in [0.3, 0.4) is 0 Å². The van der Waals surface area contributed by atoms with E-state index in [0.29, 0.717) is 0 Å². The predicted molar refractivity (Wildman–Crippen MR) is 36.8 cm³/mol. The Labute approximate surface area is 58.9 Å². The van der Waals surface area contributed by atoms with Crippen molar-refractivity contribution < 1.29 is 0 Å². The Morgan fingerprint density at radius 3 is 2.90 bits per heavy atom. The molecule has 52 valence electrons. The van der Waals surface area contributed by atoms with Crippen LogP contribution in [-0.2, 0) is 0 Å². The lowest BCUT2D eigenvalue weighted by molar-refractivity contribution is 0.926. The summed E-state index contributed by atoms with van der Waals surface area (Å²) in [6.07, 6.45) is 1.66. The van der Waals surface area contributed by atoms with Crippen LogP contribution >= 0.6 is 0 Å².